The maximum absolute atomic E-state index is 13.7. The molecule has 0 saturated carbocycles. The normalized spacial score (nSPS) is 14.1. The van der Waals surface area contributed by atoms with Crippen LogP contribution in [0.2, 0.25) is 0 Å². The van der Waals surface area contributed by atoms with E-state index in [0.29, 0.717) is 69.6 Å². The average Bonchev–Trinajstić information content (AvgIpc) is 3.97. The van der Waals surface area contributed by atoms with Gasteiger partial charge in [0.15, 0.2) is 5.78 Å². The number of imide groups is 4. The second-order valence-corrected chi connectivity index (χ2v) is 18.1. The van der Waals surface area contributed by atoms with Crippen LogP contribution in [0, 0.1) is 18.8 Å². The number of hydrogen-bond donors (Lipinski definition) is 0. The fourth-order valence-electron chi connectivity index (χ4n) is 9.44. The summed E-state index contributed by atoms with van der Waals surface area (Å²) in [5.74, 6) is 3.21. The Morgan fingerprint density at radius 1 is 0.419 bits per heavy atom. The predicted octanol–water partition coefficient (Wildman–Crippen LogP) is 9.00. The van der Waals surface area contributed by atoms with Crippen LogP contribution in [-0.2, 0) is 12.8 Å². The fraction of sp³-hybridized carbons (Fsp3) is 0.131. The van der Waals surface area contributed by atoms with Crippen LogP contribution >= 0.6 is 0 Å². The Morgan fingerprint density at radius 2 is 0.811 bits per heavy atom. The Morgan fingerprint density at radius 3 is 1.30 bits per heavy atom. The molecule has 11 rings (SSSR count). The third-order valence-corrected chi connectivity index (χ3v) is 13.3. The average molecular weight is 979 g/mol. The lowest BCUT2D eigenvalue weighted by atomic mass is 9.98. The number of carbonyl (C=O) groups is 9. The van der Waals surface area contributed by atoms with Crippen molar-refractivity contribution < 1.29 is 43.2 Å². The summed E-state index contributed by atoms with van der Waals surface area (Å²) in [5, 5.41) is 0. The molecule has 13 heteroatoms. The maximum atomic E-state index is 13.7. The highest BCUT2D eigenvalue weighted by Gasteiger charge is 2.39. The number of ketones is 1. The minimum absolute atomic E-state index is 0. The largest absolute Gasteiger partial charge is 0.289 e. The summed E-state index contributed by atoms with van der Waals surface area (Å²) in [4.78, 5) is 119. The molecule has 0 saturated heterocycles. The molecule has 0 fully saturated rings. The minimum Gasteiger partial charge on any atom is -0.289 e. The Labute approximate surface area is 426 Å². The number of amides is 8. The molecular formula is C61H46N4O9. The van der Waals surface area contributed by atoms with Gasteiger partial charge in [0.2, 0.25) is 0 Å². The Kier molecular flexibility index (Phi) is 13.0. The summed E-state index contributed by atoms with van der Waals surface area (Å²) in [5.41, 5.74) is 9.75. The van der Waals surface area contributed by atoms with Gasteiger partial charge in [0.05, 0.1) is 50.2 Å². The number of carbonyl (C=O) groups excluding carboxylic acids is 9. The maximum Gasteiger partial charge on any atom is 0.266 e. The van der Waals surface area contributed by atoms with Crippen LogP contribution in [0.15, 0.2) is 146 Å². The molecule has 0 radical (unpaired) electrons. The van der Waals surface area contributed by atoms with E-state index in [1.54, 1.807) is 110 Å². The molecule has 13 nitrogen and oxygen atoms in total. The van der Waals surface area contributed by atoms with Crippen molar-refractivity contribution >= 4 is 58.7 Å². The second-order valence-electron chi connectivity index (χ2n) is 18.1. The molecule has 0 bridgehead atoms. The molecule has 74 heavy (non-hydrogen) atoms. The molecular weight excluding hydrogens is 933 g/mol. The van der Waals surface area contributed by atoms with Crippen LogP contribution < -0.4 is 4.90 Å². The van der Waals surface area contributed by atoms with Gasteiger partial charge in [0, 0.05) is 42.9 Å². The Hall–Kier alpha value is -9.67. The third kappa shape index (κ3) is 8.79. The van der Waals surface area contributed by atoms with Gasteiger partial charge < -0.3 is 0 Å². The lowest BCUT2D eigenvalue weighted by Gasteiger charge is -2.16. The van der Waals surface area contributed by atoms with E-state index in [1.807, 2.05) is 49.4 Å². The molecule has 0 spiro atoms. The van der Waals surface area contributed by atoms with Gasteiger partial charge in [0.25, 0.3) is 47.3 Å². The number of fused-ring (bicyclic) bond motifs is 4. The smallest absolute Gasteiger partial charge is 0.266 e. The van der Waals surface area contributed by atoms with Crippen molar-refractivity contribution in [3.63, 3.8) is 0 Å². The number of anilines is 1. The van der Waals surface area contributed by atoms with Crippen LogP contribution in [0.4, 0.5) is 5.69 Å². The molecule has 4 heterocycles. The highest BCUT2D eigenvalue weighted by molar-refractivity contribution is 6.34. The predicted molar refractivity (Wildman–Crippen MR) is 277 cm³/mol. The summed E-state index contributed by atoms with van der Waals surface area (Å²) in [7, 11) is 2.92. The zero-order chi connectivity index (χ0) is 51.4. The van der Waals surface area contributed by atoms with E-state index in [4.69, 9.17) is 0 Å². The summed E-state index contributed by atoms with van der Waals surface area (Å²) < 4.78 is 0. The quantitative estimate of drug-likeness (QED) is 0.0821. The fourth-order valence-corrected chi connectivity index (χ4v) is 9.44. The molecule has 0 N–H and O–H groups in total. The van der Waals surface area contributed by atoms with Gasteiger partial charge >= 0.3 is 0 Å². The monoisotopic (exact) mass is 978 g/mol. The lowest BCUT2D eigenvalue weighted by molar-refractivity contribution is 0.0653. The topological polar surface area (TPSA) is 167 Å². The van der Waals surface area contributed by atoms with Gasteiger partial charge in [-0.2, -0.15) is 0 Å². The molecule has 364 valence electrons. The Balaban J connectivity index is 0.000000211. The van der Waals surface area contributed by atoms with Gasteiger partial charge in [-0.15, -0.1) is 0 Å². The van der Waals surface area contributed by atoms with Gasteiger partial charge in [0.1, 0.15) is 0 Å². The van der Waals surface area contributed by atoms with E-state index in [0.717, 1.165) is 53.6 Å². The number of aryl methyl sites for hydroxylation is 1. The first-order valence-corrected chi connectivity index (χ1v) is 23.3. The van der Waals surface area contributed by atoms with Crippen molar-refractivity contribution in [1.82, 2.24) is 14.7 Å². The zero-order valence-electron chi connectivity index (χ0n) is 39.9. The molecule has 0 aliphatic carbocycles. The van der Waals surface area contributed by atoms with E-state index in [2.05, 4.69) is 11.8 Å². The van der Waals surface area contributed by atoms with Crippen LogP contribution in [0.5, 0.6) is 0 Å². The highest BCUT2D eigenvalue weighted by Crippen LogP contribution is 2.33. The van der Waals surface area contributed by atoms with Crippen molar-refractivity contribution in [3.8, 4) is 11.8 Å². The SMILES string of the molecule is C.CCN1C(=O)c2ccc(Cc3ccc4c(c3)C(=O)N(C)C4=O)cc2C1=O.Cc1cc(C(=O)c2ccc(C#Cc3ccccc3)cc2)cc(N2C(=O)c3ccc(Cc4ccc5c(c4)C(=O)N(C)C5=O)cc3C2=O)c1. The second kappa shape index (κ2) is 19.5. The van der Waals surface area contributed by atoms with Crippen LogP contribution in [0.25, 0.3) is 0 Å². The molecule has 0 aromatic heterocycles. The lowest BCUT2D eigenvalue weighted by Crippen LogP contribution is -2.29. The van der Waals surface area contributed by atoms with Crippen molar-refractivity contribution in [3.05, 3.63) is 240 Å². The highest BCUT2D eigenvalue weighted by atomic mass is 16.2. The van der Waals surface area contributed by atoms with Gasteiger partial charge in [-0.1, -0.05) is 61.7 Å². The van der Waals surface area contributed by atoms with E-state index < -0.39 is 11.8 Å². The number of hydrogen-bond acceptors (Lipinski definition) is 9. The molecule has 4 aliphatic rings. The number of benzene rings is 7. The first-order valence-electron chi connectivity index (χ1n) is 23.3. The third-order valence-electron chi connectivity index (χ3n) is 13.3. The first kappa shape index (κ1) is 49.3. The molecule has 7 aromatic rings. The van der Waals surface area contributed by atoms with Crippen molar-refractivity contribution in [2.75, 3.05) is 25.5 Å². The summed E-state index contributed by atoms with van der Waals surface area (Å²) in [6, 6.07) is 42.3. The van der Waals surface area contributed by atoms with E-state index in [9.17, 15) is 43.2 Å². The van der Waals surface area contributed by atoms with Crippen molar-refractivity contribution in [2.24, 2.45) is 0 Å². The summed E-state index contributed by atoms with van der Waals surface area (Å²) >= 11 is 0. The number of rotatable bonds is 8. The summed E-state index contributed by atoms with van der Waals surface area (Å²) in [6.45, 7) is 3.92. The standard InChI is InChI=1S/C40H26N2O5.C20H16N2O4.CH4/c1-24-18-30(36(43)29-14-10-26(11-15-29)9-8-25-6-4-3-5-7-25)23-31(19-24)42-39(46)33-17-13-28(22-35(33)40(42)47)20-27-12-16-32-34(21-27)38(45)41(2)37(32)44;1-3-22-19(25)14-7-5-12(10-16(14)20(22)26)8-11-4-6-13-15(9-11)18(24)21(2)17(13)23;/h3-7,10-19,21-23H,20H2,1-2H3;4-7,9-10H,3,8H2,1-2H3;1H4. The van der Waals surface area contributed by atoms with E-state index in [1.165, 1.54) is 19.0 Å². The van der Waals surface area contributed by atoms with Gasteiger partial charge in [-0.3, -0.25) is 57.9 Å². The molecule has 8 amide bonds. The molecule has 7 aromatic carbocycles. The van der Waals surface area contributed by atoms with Gasteiger partial charge in [-0.25, -0.2) is 4.90 Å². The minimum atomic E-state index is -0.478. The zero-order valence-corrected chi connectivity index (χ0v) is 39.9. The Bertz CT molecular complexity index is 3700. The van der Waals surface area contributed by atoms with Crippen LogP contribution in [0.1, 0.15) is 152 Å². The van der Waals surface area contributed by atoms with Crippen LogP contribution in [0.3, 0.4) is 0 Å². The molecule has 0 unspecified atom stereocenters. The van der Waals surface area contributed by atoms with Crippen molar-refractivity contribution in [2.45, 2.75) is 34.1 Å². The number of nitrogens with zero attached hydrogens (tertiary/aromatic N) is 4. The molecule has 4 aliphatic heterocycles. The first-order chi connectivity index (χ1) is 35.1. The van der Waals surface area contributed by atoms with Crippen LogP contribution in [-0.4, -0.2) is 88.4 Å². The van der Waals surface area contributed by atoms with E-state index in [-0.39, 0.29) is 59.8 Å². The van der Waals surface area contributed by atoms with Gasteiger partial charge in [-0.05, 0) is 158 Å². The summed E-state index contributed by atoms with van der Waals surface area (Å²) in [6.07, 6.45) is 0.895. The van der Waals surface area contributed by atoms with Crippen molar-refractivity contribution in [1.29, 1.82) is 0 Å². The van der Waals surface area contributed by atoms with E-state index >= 15 is 0 Å². The molecule has 0 atom stereocenters.